The molecule has 0 bridgehead atoms. The van der Waals surface area contributed by atoms with Crippen LogP contribution < -0.4 is 14.7 Å². The van der Waals surface area contributed by atoms with Crippen LogP contribution in [0.15, 0.2) is 42.9 Å². The van der Waals surface area contributed by atoms with Crippen molar-refractivity contribution in [2.45, 2.75) is 20.0 Å². The highest BCUT2D eigenvalue weighted by Gasteiger charge is 2.42. The maximum atomic E-state index is 12.4. The van der Waals surface area contributed by atoms with Crippen LogP contribution in [0.3, 0.4) is 0 Å². The Morgan fingerprint density at radius 2 is 1.98 bits per heavy atom. The summed E-state index contributed by atoms with van der Waals surface area (Å²) in [5.41, 5.74) is 3.06. The maximum absolute atomic E-state index is 12.4. The van der Waals surface area contributed by atoms with Crippen LogP contribution in [0.2, 0.25) is 10.0 Å². The van der Waals surface area contributed by atoms with Gasteiger partial charge in [0.15, 0.2) is 0 Å². The number of nitrogens with one attached hydrogen (secondary N) is 2. The molecule has 4 rings (SSSR count). The van der Waals surface area contributed by atoms with E-state index in [1.807, 2.05) is 37.3 Å². The minimum atomic E-state index is -2.16. The Labute approximate surface area is 259 Å². The second-order valence-corrected chi connectivity index (χ2v) is 17.0. The molecule has 0 amide bonds. The highest BCUT2D eigenvalue weighted by molar-refractivity contribution is 14.2. The molecule has 3 aromatic rings. The number of pyridine rings is 2. The SMILES string of the molecule is C[C@@H](Oc1ccc(NPI)c(C(=N)c2cnc(N3CC(C)(CP(C)(C)=O)C3)c(C#N)c2)c1)c1c(Cl)cncc1Cl. The molecule has 0 saturated carbocycles. The first-order chi connectivity index (χ1) is 18.8. The van der Waals surface area contributed by atoms with Crippen molar-refractivity contribution in [3.63, 3.8) is 0 Å². The van der Waals surface area contributed by atoms with Crippen molar-refractivity contribution in [3.8, 4) is 11.8 Å². The molecule has 40 heavy (non-hydrogen) atoms. The molecule has 13 heteroatoms. The van der Waals surface area contributed by atoms with E-state index >= 15 is 0 Å². The molecule has 210 valence electrons. The number of benzene rings is 1. The number of ether oxygens (including phenoxy) is 1. The third kappa shape index (κ3) is 7.09. The molecule has 0 aliphatic carbocycles. The minimum absolute atomic E-state index is 0.0676. The molecule has 1 fully saturated rings. The van der Waals surface area contributed by atoms with Crippen LogP contribution >= 0.6 is 58.8 Å². The van der Waals surface area contributed by atoms with Crippen molar-refractivity contribution in [2.24, 2.45) is 5.41 Å². The zero-order valence-corrected chi connectivity index (χ0v) is 28.0. The smallest absolute Gasteiger partial charge is 0.146 e. The third-order valence-electron chi connectivity index (χ3n) is 6.54. The summed E-state index contributed by atoms with van der Waals surface area (Å²) in [6.07, 6.45) is 5.25. The highest BCUT2D eigenvalue weighted by atomic mass is 127. The van der Waals surface area contributed by atoms with Gasteiger partial charge >= 0.3 is 0 Å². The largest absolute Gasteiger partial charge is 0.486 e. The average molecular weight is 729 g/mol. The van der Waals surface area contributed by atoms with Gasteiger partial charge in [0.05, 0.1) is 28.5 Å². The minimum Gasteiger partial charge on any atom is -0.486 e. The van der Waals surface area contributed by atoms with Crippen molar-refractivity contribution >= 4 is 76.0 Å². The molecule has 2 N–H and O–H groups in total. The summed E-state index contributed by atoms with van der Waals surface area (Å²) in [7, 11) is -2.16. The van der Waals surface area contributed by atoms with E-state index in [9.17, 15) is 9.83 Å². The molecule has 8 nitrogen and oxygen atoms in total. The Bertz CT molecular complexity index is 1520. The van der Waals surface area contributed by atoms with Gasteiger partial charge in [0.25, 0.3) is 0 Å². The van der Waals surface area contributed by atoms with Crippen LogP contribution in [0, 0.1) is 22.2 Å². The first-order valence-corrected chi connectivity index (χ1v) is 20.0. The fraction of sp³-hybridized carbons (Fsp3) is 0.333. The lowest BCUT2D eigenvalue weighted by Crippen LogP contribution is -2.57. The molecular weight excluding hydrogens is 700 g/mol. The normalized spacial score (nSPS) is 15.4. The summed E-state index contributed by atoms with van der Waals surface area (Å²) in [5, 5.41) is 23.1. The van der Waals surface area contributed by atoms with Gasteiger partial charge in [0.1, 0.15) is 23.7 Å². The summed E-state index contributed by atoms with van der Waals surface area (Å²) in [5.74, 6) is 1.12. The molecule has 0 radical (unpaired) electrons. The lowest BCUT2D eigenvalue weighted by atomic mass is 9.84. The number of hydrogen-bond acceptors (Lipinski definition) is 8. The van der Waals surface area contributed by atoms with Crippen LogP contribution in [0.4, 0.5) is 11.5 Å². The van der Waals surface area contributed by atoms with E-state index in [4.69, 9.17) is 33.3 Å². The quantitative estimate of drug-likeness (QED) is 0.123. The van der Waals surface area contributed by atoms with Gasteiger partial charge in [-0.1, -0.05) is 30.1 Å². The number of aromatic nitrogens is 2. The number of rotatable bonds is 10. The fourth-order valence-corrected chi connectivity index (χ4v) is 9.07. The third-order valence-corrected chi connectivity index (χ3v) is 9.84. The van der Waals surface area contributed by atoms with E-state index in [1.165, 1.54) is 12.4 Å². The summed E-state index contributed by atoms with van der Waals surface area (Å²) in [4.78, 5) is 10.6. The zero-order chi connectivity index (χ0) is 29.2. The molecule has 1 aliphatic heterocycles. The monoisotopic (exact) mass is 728 g/mol. The predicted molar refractivity (Wildman–Crippen MR) is 175 cm³/mol. The molecule has 2 atom stereocenters. The molecule has 1 aromatic carbocycles. The summed E-state index contributed by atoms with van der Waals surface area (Å²) >= 11 is 14.9. The van der Waals surface area contributed by atoms with E-state index in [0.717, 1.165) is 5.69 Å². The van der Waals surface area contributed by atoms with Gasteiger partial charge in [0, 0.05) is 72.0 Å². The van der Waals surface area contributed by atoms with Crippen LogP contribution in [-0.4, -0.2) is 48.3 Å². The number of halogens is 3. The van der Waals surface area contributed by atoms with E-state index in [1.54, 1.807) is 18.3 Å². The van der Waals surface area contributed by atoms with Crippen molar-refractivity contribution in [1.29, 1.82) is 10.7 Å². The maximum Gasteiger partial charge on any atom is 0.146 e. The lowest BCUT2D eigenvalue weighted by molar-refractivity contribution is 0.227. The van der Waals surface area contributed by atoms with Gasteiger partial charge in [-0.25, -0.2) is 4.98 Å². The first kappa shape index (κ1) is 31.0. The molecule has 3 heterocycles. The topological polar surface area (TPSA) is 115 Å². The van der Waals surface area contributed by atoms with Gasteiger partial charge in [-0.2, -0.15) is 5.26 Å². The second-order valence-electron chi connectivity index (χ2n) is 10.7. The van der Waals surface area contributed by atoms with Gasteiger partial charge in [-0.15, -0.1) is 0 Å². The van der Waals surface area contributed by atoms with Gasteiger partial charge in [0.2, 0.25) is 0 Å². The van der Waals surface area contributed by atoms with E-state index < -0.39 is 13.2 Å². The Balaban J connectivity index is 1.60. The Hall–Kier alpha value is -1.95. The molecule has 2 aromatic heterocycles. The predicted octanol–water partition coefficient (Wildman–Crippen LogP) is 8.02. The Morgan fingerprint density at radius 3 is 2.58 bits per heavy atom. The van der Waals surface area contributed by atoms with Gasteiger partial charge in [-0.3, -0.25) is 10.4 Å². The first-order valence-electron chi connectivity index (χ1n) is 12.3. The van der Waals surface area contributed by atoms with E-state index in [-0.39, 0.29) is 11.1 Å². The highest BCUT2D eigenvalue weighted by Crippen LogP contribution is 2.47. The summed E-state index contributed by atoms with van der Waals surface area (Å²) in [6.45, 7) is 8.96. The van der Waals surface area contributed by atoms with Crippen molar-refractivity contribution in [1.82, 2.24) is 9.97 Å². The van der Waals surface area contributed by atoms with Crippen LogP contribution in [0.5, 0.6) is 5.75 Å². The Morgan fingerprint density at radius 1 is 1.30 bits per heavy atom. The van der Waals surface area contributed by atoms with Gasteiger partial charge in [-0.05, 0) is 66.6 Å². The van der Waals surface area contributed by atoms with Crippen LogP contribution in [0.25, 0.3) is 0 Å². The molecule has 0 spiro atoms. The van der Waals surface area contributed by atoms with Crippen molar-refractivity contribution in [3.05, 3.63) is 75.2 Å². The lowest BCUT2D eigenvalue weighted by Gasteiger charge is -2.49. The molecule has 1 aliphatic rings. The second kappa shape index (κ2) is 12.5. The average Bonchev–Trinajstić information content (AvgIpc) is 2.86. The number of nitrogens with zero attached hydrogens (tertiary/aromatic N) is 4. The molecule has 1 saturated heterocycles. The molecule has 1 unspecified atom stereocenters. The molecular formula is C27H29Cl2IN6O2P2. The Kier molecular flexibility index (Phi) is 9.69. The van der Waals surface area contributed by atoms with Crippen molar-refractivity contribution in [2.75, 3.05) is 42.6 Å². The van der Waals surface area contributed by atoms with Crippen LogP contribution in [0.1, 0.15) is 42.2 Å². The summed E-state index contributed by atoms with van der Waals surface area (Å²) < 4.78 is 18.5. The van der Waals surface area contributed by atoms with E-state index in [0.29, 0.717) is 69.5 Å². The summed E-state index contributed by atoms with van der Waals surface area (Å²) in [6, 6.07) is 9.42. The number of nitriles is 1. The zero-order valence-electron chi connectivity index (χ0n) is 22.4. The number of hydrogen-bond donors (Lipinski definition) is 2. The van der Waals surface area contributed by atoms with Crippen molar-refractivity contribution < 1.29 is 9.30 Å². The fourth-order valence-electron chi connectivity index (χ4n) is 5.16. The standard InChI is InChI=1S/C27H29Cl2IN6O2P2/c1-16(24-21(28)11-33-12-22(24)29)38-19-5-6-23(35-39-30)20(8-19)25(32)18-7-17(9-31)26(34-10-18)36-13-27(2,14-36)15-40(3,4)37/h5-8,10-12,16,32,35,39H,13-15H2,1-4H3/t16-/m1/s1. The van der Waals surface area contributed by atoms with Gasteiger partial charge < -0.3 is 19.3 Å². The number of anilines is 2. The van der Waals surface area contributed by atoms with Crippen LogP contribution in [-0.2, 0) is 4.57 Å². The van der Waals surface area contributed by atoms with E-state index in [2.05, 4.69) is 50.1 Å².